The fraction of sp³-hybridized carbons (Fsp3) is 1.00. The van der Waals surface area contributed by atoms with E-state index >= 15 is 0 Å². The quantitative estimate of drug-likeness (QED) is 0.723. The third-order valence-electron chi connectivity index (χ3n) is 3.91. The Hall–Kier alpha value is -0.200. The summed E-state index contributed by atoms with van der Waals surface area (Å²) in [6.45, 7) is 14.9. The van der Waals surface area contributed by atoms with Crippen LogP contribution in [0.2, 0.25) is 0 Å². The lowest BCUT2D eigenvalue weighted by atomic mass is 9.87. The van der Waals surface area contributed by atoms with E-state index in [0.29, 0.717) is 19.6 Å². The number of nitrogens with zero attached hydrogens (tertiary/aromatic N) is 2. The second-order valence-corrected chi connectivity index (χ2v) is 9.68. The average Bonchev–Trinajstić information content (AvgIpc) is 2.21. The van der Waals surface area contributed by atoms with Crippen LogP contribution in [0.4, 0.5) is 4.39 Å². The molecule has 0 aromatic heterocycles. The highest BCUT2D eigenvalue weighted by atomic mass is 32.2. The molecular formula is C15H33FN2O2S. The monoisotopic (exact) mass is 324 g/mol. The summed E-state index contributed by atoms with van der Waals surface area (Å²) in [5, 5.41) is 0. The third-order valence-corrected chi connectivity index (χ3v) is 5.44. The zero-order valence-electron chi connectivity index (χ0n) is 14.9. The van der Waals surface area contributed by atoms with E-state index in [-0.39, 0.29) is 11.5 Å². The van der Waals surface area contributed by atoms with Gasteiger partial charge in [0.05, 0.1) is 6.26 Å². The highest BCUT2D eigenvalue weighted by Gasteiger charge is 2.31. The molecule has 21 heavy (non-hydrogen) atoms. The van der Waals surface area contributed by atoms with Gasteiger partial charge >= 0.3 is 0 Å². The molecule has 0 saturated carbocycles. The molecule has 0 amide bonds. The number of rotatable bonds is 7. The van der Waals surface area contributed by atoms with Gasteiger partial charge < -0.3 is 0 Å². The van der Waals surface area contributed by atoms with Crippen LogP contribution >= 0.6 is 0 Å². The van der Waals surface area contributed by atoms with Crippen LogP contribution in [-0.2, 0) is 10.0 Å². The number of alkyl halides is 1. The van der Waals surface area contributed by atoms with Crippen molar-refractivity contribution < 1.29 is 12.8 Å². The second-order valence-electron chi connectivity index (χ2n) is 7.77. The Morgan fingerprint density at radius 2 is 1.48 bits per heavy atom. The van der Waals surface area contributed by atoms with E-state index in [1.54, 1.807) is 0 Å². The van der Waals surface area contributed by atoms with Gasteiger partial charge in [0.1, 0.15) is 6.67 Å². The first-order valence-corrected chi connectivity index (χ1v) is 9.34. The fourth-order valence-corrected chi connectivity index (χ4v) is 3.78. The summed E-state index contributed by atoms with van der Waals surface area (Å²) in [6, 6.07) is 0.176. The van der Waals surface area contributed by atoms with Crippen molar-refractivity contribution >= 4 is 10.0 Å². The van der Waals surface area contributed by atoms with Gasteiger partial charge in [-0.3, -0.25) is 4.90 Å². The maximum Gasteiger partial charge on any atom is 0.211 e. The Kier molecular flexibility index (Phi) is 7.31. The molecule has 0 bridgehead atoms. The number of halogens is 1. The lowest BCUT2D eigenvalue weighted by Crippen LogP contribution is -2.51. The van der Waals surface area contributed by atoms with Gasteiger partial charge in [0.25, 0.3) is 0 Å². The van der Waals surface area contributed by atoms with Crippen LogP contribution in [-0.4, -0.2) is 61.8 Å². The maximum atomic E-state index is 12.8. The molecule has 4 nitrogen and oxygen atoms in total. The zero-order chi connectivity index (χ0) is 17.1. The van der Waals surface area contributed by atoms with Crippen molar-refractivity contribution in [1.82, 2.24) is 9.21 Å². The van der Waals surface area contributed by atoms with Crippen LogP contribution in [0.3, 0.4) is 0 Å². The molecule has 0 saturated heterocycles. The predicted octanol–water partition coefficient (Wildman–Crippen LogP) is 2.75. The number of sulfonamides is 1. The van der Waals surface area contributed by atoms with Crippen molar-refractivity contribution in [1.29, 1.82) is 0 Å². The first kappa shape index (κ1) is 20.8. The molecule has 0 radical (unpaired) electrons. The summed E-state index contributed by atoms with van der Waals surface area (Å²) < 4.78 is 38.2. The van der Waals surface area contributed by atoms with Gasteiger partial charge in [0, 0.05) is 31.2 Å². The molecule has 0 aromatic rings. The van der Waals surface area contributed by atoms with Gasteiger partial charge in [0.2, 0.25) is 10.0 Å². The summed E-state index contributed by atoms with van der Waals surface area (Å²) in [5.74, 6) is 0. The average molecular weight is 325 g/mol. The van der Waals surface area contributed by atoms with E-state index in [0.717, 1.165) is 0 Å². The number of hydrogen-bond acceptors (Lipinski definition) is 3. The van der Waals surface area contributed by atoms with Gasteiger partial charge in [-0.05, 0) is 33.1 Å². The van der Waals surface area contributed by atoms with Crippen molar-refractivity contribution in [3.05, 3.63) is 0 Å². The molecule has 128 valence electrons. The van der Waals surface area contributed by atoms with Gasteiger partial charge in [-0.25, -0.2) is 12.8 Å². The Balaban J connectivity index is 5.04. The summed E-state index contributed by atoms with van der Waals surface area (Å²) in [6.07, 6.45) is 1.23. The standard InChI is InChI=1S/C15H33FN2O2S/c1-13(14(2,3)4)17(10-9-16)11-12-18(15(5,6)7)21(8,19)20/h13H,9-12H2,1-8H3. The van der Waals surface area contributed by atoms with E-state index in [2.05, 4.69) is 27.7 Å². The van der Waals surface area contributed by atoms with Crippen LogP contribution in [0.1, 0.15) is 48.5 Å². The van der Waals surface area contributed by atoms with Crippen molar-refractivity contribution in [2.45, 2.75) is 60.0 Å². The molecule has 0 N–H and O–H groups in total. The largest absolute Gasteiger partial charge is 0.296 e. The normalized spacial score (nSPS) is 15.8. The van der Waals surface area contributed by atoms with E-state index in [9.17, 15) is 12.8 Å². The molecular weight excluding hydrogens is 291 g/mol. The fourth-order valence-electron chi connectivity index (χ4n) is 2.37. The zero-order valence-corrected chi connectivity index (χ0v) is 15.7. The first-order valence-electron chi connectivity index (χ1n) is 7.49. The van der Waals surface area contributed by atoms with Gasteiger partial charge in [-0.1, -0.05) is 20.8 Å². The Morgan fingerprint density at radius 1 is 1.00 bits per heavy atom. The van der Waals surface area contributed by atoms with Crippen LogP contribution < -0.4 is 0 Å². The molecule has 0 heterocycles. The Bertz CT molecular complexity index is 410. The number of hydrogen-bond donors (Lipinski definition) is 0. The molecule has 0 aliphatic rings. The second kappa shape index (κ2) is 7.38. The molecule has 0 fully saturated rings. The molecule has 1 atom stereocenters. The van der Waals surface area contributed by atoms with E-state index in [1.165, 1.54) is 10.6 Å². The van der Waals surface area contributed by atoms with Gasteiger partial charge in [-0.15, -0.1) is 0 Å². The summed E-state index contributed by atoms with van der Waals surface area (Å²) >= 11 is 0. The molecule has 0 aliphatic heterocycles. The minimum atomic E-state index is -3.28. The molecule has 0 rings (SSSR count). The van der Waals surface area contributed by atoms with E-state index in [4.69, 9.17) is 0 Å². The minimum Gasteiger partial charge on any atom is -0.296 e. The van der Waals surface area contributed by atoms with E-state index < -0.39 is 22.2 Å². The third kappa shape index (κ3) is 7.06. The molecule has 1 unspecified atom stereocenters. The molecule has 6 heteroatoms. The minimum absolute atomic E-state index is 0.0207. The van der Waals surface area contributed by atoms with Crippen molar-refractivity contribution in [3.8, 4) is 0 Å². The van der Waals surface area contributed by atoms with Crippen molar-refractivity contribution in [3.63, 3.8) is 0 Å². The Morgan fingerprint density at radius 3 is 1.76 bits per heavy atom. The topological polar surface area (TPSA) is 40.6 Å². The first-order chi connectivity index (χ1) is 9.21. The SMILES string of the molecule is CC(N(CCF)CCN(C(C)(C)C)S(C)(=O)=O)C(C)(C)C. The summed E-state index contributed by atoms with van der Waals surface area (Å²) in [4.78, 5) is 2.03. The lowest BCUT2D eigenvalue weighted by Gasteiger charge is -2.40. The van der Waals surface area contributed by atoms with Crippen molar-refractivity contribution in [2.24, 2.45) is 5.41 Å². The van der Waals surface area contributed by atoms with Crippen LogP contribution in [0.5, 0.6) is 0 Å². The predicted molar refractivity (Wildman–Crippen MR) is 87.8 cm³/mol. The molecule has 0 aromatic carbocycles. The highest BCUT2D eigenvalue weighted by Crippen LogP contribution is 2.24. The molecule has 0 spiro atoms. The Labute approximate surface area is 130 Å². The van der Waals surface area contributed by atoms with Crippen LogP contribution in [0.25, 0.3) is 0 Å². The summed E-state index contributed by atoms with van der Waals surface area (Å²) in [5.41, 5.74) is -0.452. The summed E-state index contributed by atoms with van der Waals surface area (Å²) in [7, 11) is -3.28. The van der Waals surface area contributed by atoms with Gasteiger partial charge in [0.15, 0.2) is 0 Å². The van der Waals surface area contributed by atoms with Crippen LogP contribution in [0, 0.1) is 5.41 Å². The van der Waals surface area contributed by atoms with Crippen LogP contribution in [0.15, 0.2) is 0 Å². The van der Waals surface area contributed by atoms with Crippen molar-refractivity contribution in [2.75, 3.05) is 32.6 Å². The lowest BCUT2D eigenvalue weighted by molar-refractivity contribution is 0.0925. The van der Waals surface area contributed by atoms with Gasteiger partial charge in [-0.2, -0.15) is 4.31 Å². The highest BCUT2D eigenvalue weighted by molar-refractivity contribution is 7.88. The smallest absolute Gasteiger partial charge is 0.211 e. The maximum absolute atomic E-state index is 12.8. The van der Waals surface area contributed by atoms with E-state index in [1.807, 2.05) is 25.7 Å². The molecule has 0 aliphatic carbocycles.